The summed E-state index contributed by atoms with van der Waals surface area (Å²) in [5.41, 5.74) is 4.23. The normalized spacial score (nSPS) is 10.8. The smallest absolute Gasteiger partial charge is 0.0730 e. The second-order valence-electron chi connectivity index (χ2n) is 4.30. The van der Waals surface area contributed by atoms with E-state index in [1.807, 2.05) is 26.2 Å². The Balaban J connectivity index is 2.28. The van der Waals surface area contributed by atoms with Crippen LogP contribution in [0.15, 0.2) is 42.5 Å². The largest absolute Gasteiger partial charge is 0.388 e. The first kappa shape index (κ1) is 10.8. The van der Waals surface area contributed by atoms with E-state index < -0.39 is 0 Å². The lowest BCUT2D eigenvalue weighted by molar-refractivity contribution is 1.46. The first-order valence-electron chi connectivity index (χ1n) is 6.00. The number of hydrogen-bond donors (Lipinski definition) is 2. The third-order valence-corrected chi connectivity index (χ3v) is 3.19. The van der Waals surface area contributed by atoms with Crippen LogP contribution in [0.1, 0.15) is 0 Å². The third-order valence-electron chi connectivity index (χ3n) is 3.19. The fraction of sp³-hybridized carbons (Fsp3) is 0.133. The molecule has 90 valence electrons. The van der Waals surface area contributed by atoms with E-state index >= 15 is 0 Å². The summed E-state index contributed by atoms with van der Waals surface area (Å²) in [5.74, 6) is 0. The van der Waals surface area contributed by atoms with Crippen LogP contribution in [0.25, 0.3) is 21.8 Å². The number of aromatic nitrogens is 1. The molecular weight excluding hydrogens is 222 g/mol. The predicted octanol–water partition coefficient (Wildman–Crippen LogP) is 3.47. The van der Waals surface area contributed by atoms with E-state index in [1.165, 1.54) is 0 Å². The van der Waals surface area contributed by atoms with E-state index in [9.17, 15) is 0 Å². The lowest BCUT2D eigenvalue weighted by atomic mass is 10.1. The van der Waals surface area contributed by atoms with Crippen LogP contribution in [0.3, 0.4) is 0 Å². The van der Waals surface area contributed by atoms with E-state index in [4.69, 9.17) is 4.98 Å². The minimum Gasteiger partial charge on any atom is -0.388 e. The fourth-order valence-corrected chi connectivity index (χ4v) is 2.14. The summed E-state index contributed by atoms with van der Waals surface area (Å²) in [7, 11) is 3.84. The van der Waals surface area contributed by atoms with Crippen LogP contribution in [0.5, 0.6) is 0 Å². The topological polar surface area (TPSA) is 37.0 Å². The van der Waals surface area contributed by atoms with E-state index in [-0.39, 0.29) is 0 Å². The summed E-state index contributed by atoms with van der Waals surface area (Å²) in [6.07, 6.45) is 0. The molecule has 0 saturated heterocycles. The van der Waals surface area contributed by atoms with Crippen molar-refractivity contribution >= 4 is 33.2 Å². The number of nitrogens with zero attached hydrogens (tertiary/aromatic N) is 1. The summed E-state index contributed by atoms with van der Waals surface area (Å²) in [5, 5.41) is 8.60. The molecule has 0 atom stereocenters. The maximum Gasteiger partial charge on any atom is 0.0730 e. The molecule has 0 amide bonds. The quantitative estimate of drug-likeness (QED) is 0.670. The van der Waals surface area contributed by atoms with Crippen LogP contribution < -0.4 is 10.6 Å². The Labute approximate surface area is 106 Å². The van der Waals surface area contributed by atoms with Crippen molar-refractivity contribution in [2.45, 2.75) is 0 Å². The molecule has 1 heterocycles. The Morgan fingerprint density at radius 1 is 0.722 bits per heavy atom. The summed E-state index contributed by atoms with van der Waals surface area (Å²) < 4.78 is 0. The molecule has 2 N–H and O–H groups in total. The van der Waals surface area contributed by atoms with E-state index in [2.05, 4.69) is 41.0 Å². The zero-order valence-corrected chi connectivity index (χ0v) is 10.5. The van der Waals surface area contributed by atoms with Gasteiger partial charge in [-0.25, -0.2) is 4.98 Å². The monoisotopic (exact) mass is 237 g/mol. The van der Waals surface area contributed by atoms with Gasteiger partial charge >= 0.3 is 0 Å². The lowest BCUT2D eigenvalue weighted by Crippen LogP contribution is -1.90. The number of pyridine rings is 1. The average molecular weight is 237 g/mol. The zero-order valence-electron chi connectivity index (χ0n) is 10.5. The van der Waals surface area contributed by atoms with Crippen molar-refractivity contribution in [3.05, 3.63) is 42.5 Å². The average Bonchev–Trinajstić information content (AvgIpc) is 2.43. The molecule has 0 radical (unpaired) electrons. The van der Waals surface area contributed by atoms with Gasteiger partial charge in [-0.3, -0.25) is 0 Å². The Kier molecular flexibility index (Phi) is 2.52. The van der Waals surface area contributed by atoms with Gasteiger partial charge in [0.1, 0.15) is 0 Å². The molecule has 3 aromatic rings. The van der Waals surface area contributed by atoms with Crippen LogP contribution in [0.4, 0.5) is 11.4 Å². The highest BCUT2D eigenvalue weighted by atomic mass is 14.8. The van der Waals surface area contributed by atoms with Gasteiger partial charge in [-0.15, -0.1) is 0 Å². The van der Waals surface area contributed by atoms with Crippen molar-refractivity contribution in [1.29, 1.82) is 0 Å². The lowest BCUT2D eigenvalue weighted by Gasteiger charge is -2.06. The molecular formula is C15H15N3. The second-order valence-corrected chi connectivity index (χ2v) is 4.30. The Morgan fingerprint density at radius 3 is 2.22 bits per heavy atom. The maximum atomic E-state index is 4.69. The van der Waals surface area contributed by atoms with Gasteiger partial charge < -0.3 is 10.6 Å². The molecule has 3 rings (SSSR count). The minimum atomic E-state index is 1.02. The maximum absolute atomic E-state index is 4.69. The van der Waals surface area contributed by atoms with Crippen molar-refractivity contribution < 1.29 is 0 Å². The van der Waals surface area contributed by atoms with Gasteiger partial charge in [-0.05, 0) is 36.4 Å². The van der Waals surface area contributed by atoms with Crippen molar-refractivity contribution in [2.24, 2.45) is 0 Å². The summed E-state index contributed by atoms with van der Waals surface area (Å²) >= 11 is 0. The van der Waals surface area contributed by atoms with Crippen LogP contribution >= 0.6 is 0 Å². The highest BCUT2D eigenvalue weighted by Crippen LogP contribution is 2.24. The van der Waals surface area contributed by atoms with Crippen molar-refractivity contribution in [3.63, 3.8) is 0 Å². The summed E-state index contributed by atoms with van der Waals surface area (Å²) in [4.78, 5) is 4.69. The van der Waals surface area contributed by atoms with Gasteiger partial charge in [0.15, 0.2) is 0 Å². The summed E-state index contributed by atoms with van der Waals surface area (Å²) in [6.45, 7) is 0. The van der Waals surface area contributed by atoms with Crippen molar-refractivity contribution in [1.82, 2.24) is 4.98 Å². The number of benzene rings is 2. The van der Waals surface area contributed by atoms with Crippen molar-refractivity contribution in [2.75, 3.05) is 24.7 Å². The van der Waals surface area contributed by atoms with Gasteiger partial charge in [0.2, 0.25) is 0 Å². The van der Waals surface area contributed by atoms with Crippen LogP contribution in [-0.2, 0) is 0 Å². The molecule has 1 aromatic heterocycles. The third kappa shape index (κ3) is 1.74. The Hall–Kier alpha value is -2.29. The first-order valence-corrected chi connectivity index (χ1v) is 6.00. The Morgan fingerprint density at radius 2 is 1.44 bits per heavy atom. The molecule has 0 aliphatic heterocycles. The van der Waals surface area contributed by atoms with Gasteiger partial charge in [0, 0.05) is 36.2 Å². The SMILES string of the molecule is CNc1ccc2nc3cc(NC)ccc3cc2c1. The van der Waals surface area contributed by atoms with E-state index in [1.54, 1.807) is 0 Å². The number of hydrogen-bond acceptors (Lipinski definition) is 3. The van der Waals surface area contributed by atoms with Gasteiger partial charge in [0.25, 0.3) is 0 Å². The number of anilines is 2. The standard InChI is InChI=1S/C15H15N3/c1-16-12-5-6-14-11(8-12)7-10-3-4-13(17-2)9-15(10)18-14/h3-9,16-17H,1-2H3. The molecule has 0 spiro atoms. The van der Waals surface area contributed by atoms with Crippen LogP contribution in [-0.4, -0.2) is 19.1 Å². The molecule has 0 fully saturated rings. The van der Waals surface area contributed by atoms with Gasteiger partial charge in [0.05, 0.1) is 11.0 Å². The minimum absolute atomic E-state index is 1.02. The molecule has 0 saturated carbocycles. The number of rotatable bonds is 2. The molecule has 3 nitrogen and oxygen atoms in total. The van der Waals surface area contributed by atoms with Crippen molar-refractivity contribution in [3.8, 4) is 0 Å². The molecule has 18 heavy (non-hydrogen) atoms. The van der Waals surface area contributed by atoms with E-state index in [0.29, 0.717) is 0 Å². The van der Waals surface area contributed by atoms with E-state index in [0.717, 1.165) is 33.2 Å². The number of nitrogens with one attached hydrogen (secondary N) is 2. The molecule has 0 aliphatic rings. The molecule has 0 bridgehead atoms. The van der Waals surface area contributed by atoms with Crippen LogP contribution in [0, 0.1) is 0 Å². The predicted molar refractivity (Wildman–Crippen MR) is 78.3 cm³/mol. The summed E-state index contributed by atoms with van der Waals surface area (Å²) in [6, 6.07) is 14.6. The molecule has 0 unspecified atom stereocenters. The molecule has 2 aromatic carbocycles. The fourth-order valence-electron chi connectivity index (χ4n) is 2.14. The Bertz CT molecular complexity index is 656. The molecule has 3 heteroatoms. The highest BCUT2D eigenvalue weighted by Gasteiger charge is 2.01. The van der Waals surface area contributed by atoms with Gasteiger partial charge in [-0.1, -0.05) is 6.07 Å². The van der Waals surface area contributed by atoms with Crippen LogP contribution in [0.2, 0.25) is 0 Å². The second kappa shape index (κ2) is 4.18. The number of fused-ring (bicyclic) bond motifs is 2. The molecule has 0 aliphatic carbocycles. The van der Waals surface area contributed by atoms with Gasteiger partial charge in [-0.2, -0.15) is 0 Å². The zero-order chi connectivity index (χ0) is 12.5. The first-order chi connectivity index (χ1) is 8.80. The highest BCUT2D eigenvalue weighted by molar-refractivity contribution is 5.95.